The quantitative estimate of drug-likeness (QED) is 0.821. The van der Waals surface area contributed by atoms with Crippen LogP contribution in [-0.2, 0) is 4.79 Å². The molecule has 2 rings (SSSR count). The van der Waals surface area contributed by atoms with Gasteiger partial charge in [0.25, 0.3) is 0 Å². The van der Waals surface area contributed by atoms with Crippen LogP contribution >= 0.6 is 11.6 Å². The van der Waals surface area contributed by atoms with E-state index in [2.05, 4.69) is 24.5 Å². The minimum Gasteiger partial charge on any atom is -0.324 e. The first-order valence-corrected chi connectivity index (χ1v) is 7.88. The lowest BCUT2D eigenvalue weighted by Gasteiger charge is -2.22. The number of hydrogen-bond donors (Lipinski definition) is 2. The van der Waals surface area contributed by atoms with Crippen LogP contribution in [0.3, 0.4) is 0 Å². The van der Waals surface area contributed by atoms with Crippen molar-refractivity contribution >= 4 is 23.2 Å². The van der Waals surface area contributed by atoms with Crippen LogP contribution in [0.5, 0.6) is 0 Å². The van der Waals surface area contributed by atoms with Crippen molar-refractivity contribution in [1.82, 2.24) is 5.32 Å². The lowest BCUT2D eigenvalue weighted by molar-refractivity contribution is -0.115. The molecule has 0 aliphatic heterocycles. The number of anilines is 1. The van der Waals surface area contributed by atoms with E-state index in [1.54, 1.807) is 0 Å². The van der Waals surface area contributed by atoms with Gasteiger partial charge in [0, 0.05) is 6.04 Å². The van der Waals surface area contributed by atoms with E-state index in [1.165, 1.54) is 18.2 Å². The lowest BCUT2D eigenvalue weighted by Crippen LogP contribution is -2.33. The molecule has 0 radical (unpaired) electrons. The molecule has 0 bridgehead atoms. The highest BCUT2D eigenvalue weighted by molar-refractivity contribution is 6.33. The molecule has 0 heterocycles. The van der Waals surface area contributed by atoms with Crippen LogP contribution in [0.4, 0.5) is 10.1 Å². The largest absolute Gasteiger partial charge is 0.324 e. The first kappa shape index (κ1) is 17.4. The average Bonchev–Trinajstić information content (AvgIpc) is 2.51. The van der Waals surface area contributed by atoms with Crippen molar-refractivity contribution in [2.45, 2.75) is 19.9 Å². The van der Waals surface area contributed by atoms with Crippen LogP contribution in [0.1, 0.15) is 25.5 Å². The number of benzene rings is 2. The highest BCUT2D eigenvalue weighted by Crippen LogP contribution is 2.23. The van der Waals surface area contributed by atoms with Crippen LogP contribution in [0.15, 0.2) is 48.5 Å². The Morgan fingerprint density at radius 3 is 2.48 bits per heavy atom. The van der Waals surface area contributed by atoms with E-state index in [1.807, 2.05) is 30.3 Å². The molecule has 1 amide bonds. The fourth-order valence-electron chi connectivity index (χ4n) is 2.39. The molecule has 0 aliphatic carbocycles. The Balaban J connectivity index is 1.97. The van der Waals surface area contributed by atoms with Gasteiger partial charge in [-0.15, -0.1) is 0 Å². The molecule has 23 heavy (non-hydrogen) atoms. The fourth-order valence-corrected chi connectivity index (χ4v) is 2.60. The Bertz CT molecular complexity index is 661. The molecule has 0 spiro atoms. The Labute approximate surface area is 140 Å². The molecule has 0 saturated heterocycles. The molecule has 3 nitrogen and oxygen atoms in total. The van der Waals surface area contributed by atoms with E-state index < -0.39 is 5.82 Å². The predicted octanol–water partition coefficient (Wildman–Crippen LogP) is 4.40. The van der Waals surface area contributed by atoms with Gasteiger partial charge in [0.2, 0.25) is 5.91 Å². The number of carbonyl (C=O) groups is 1. The third-order valence-electron chi connectivity index (χ3n) is 3.51. The van der Waals surface area contributed by atoms with Crippen molar-refractivity contribution in [2.75, 3.05) is 11.9 Å². The maximum Gasteiger partial charge on any atom is 0.238 e. The summed E-state index contributed by atoms with van der Waals surface area (Å²) >= 11 is 5.91. The number of hydrogen-bond acceptors (Lipinski definition) is 2. The lowest BCUT2D eigenvalue weighted by atomic mass is 9.96. The Kier molecular flexibility index (Phi) is 6.13. The summed E-state index contributed by atoms with van der Waals surface area (Å²) in [7, 11) is 0. The van der Waals surface area contributed by atoms with Crippen LogP contribution in [-0.4, -0.2) is 12.5 Å². The van der Waals surface area contributed by atoms with Crippen molar-refractivity contribution in [2.24, 2.45) is 5.92 Å². The number of nitrogens with one attached hydrogen (secondary N) is 2. The number of carbonyl (C=O) groups excluding carboxylic acids is 1. The van der Waals surface area contributed by atoms with E-state index in [4.69, 9.17) is 11.6 Å². The zero-order valence-electron chi connectivity index (χ0n) is 13.1. The summed E-state index contributed by atoms with van der Waals surface area (Å²) in [6.45, 7) is 4.34. The second kappa shape index (κ2) is 8.09. The minimum absolute atomic E-state index is 0.0747. The Morgan fingerprint density at radius 1 is 1.17 bits per heavy atom. The highest BCUT2D eigenvalue weighted by atomic mass is 35.5. The van der Waals surface area contributed by atoms with Gasteiger partial charge in [-0.25, -0.2) is 4.39 Å². The maximum absolute atomic E-state index is 13.0. The fraction of sp³-hybridized carbons (Fsp3) is 0.278. The molecule has 122 valence electrons. The molecule has 0 fully saturated rings. The van der Waals surface area contributed by atoms with Gasteiger partial charge in [0.15, 0.2) is 0 Å². The highest BCUT2D eigenvalue weighted by Gasteiger charge is 2.16. The molecule has 2 aromatic carbocycles. The van der Waals surface area contributed by atoms with Gasteiger partial charge in [-0.05, 0) is 29.7 Å². The SMILES string of the molecule is CC(C)[C@H](NCC(=O)Nc1ccc(F)cc1Cl)c1ccccc1. The summed E-state index contributed by atoms with van der Waals surface area (Å²) in [6, 6.07) is 13.9. The van der Waals surface area contributed by atoms with Crippen LogP contribution in [0, 0.1) is 11.7 Å². The van der Waals surface area contributed by atoms with Crippen LogP contribution in [0.2, 0.25) is 5.02 Å². The van der Waals surface area contributed by atoms with Gasteiger partial charge >= 0.3 is 0 Å². The predicted molar refractivity (Wildman–Crippen MR) is 92.1 cm³/mol. The van der Waals surface area contributed by atoms with Gasteiger partial charge in [-0.2, -0.15) is 0 Å². The number of rotatable bonds is 6. The van der Waals surface area contributed by atoms with Gasteiger partial charge in [0.05, 0.1) is 17.3 Å². The van der Waals surface area contributed by atoms with Gasteiger partial charge < -0.3 is 10.6 Å². The average molecular weight is 335 g/mol. The van der Waals surface area contributed by atoms with Gasteiger partial charge in [-0.1, -0.05) is 55.8 Å². The smallest absolute Gasteiger partial charge is 0.238 e. The molecule has 2 N–H and O–H groups in total. The minimum atomic E-state index is -0.435. The molecular formula is C18H20ClFN2O. The molecule has 2 aromatic rings. The zero-order valence-corrected chi connectivity index (χ0v) is 13.9. The number of amides is 1. The summed E-state index contributed by atoms with van der Waals surface area (Å²) in [4.78, 5) is 12.1. The molecular weight excluding hydrogens is 315 g/mol. The van der Waals surface area contributed by atoms with Crippen molar-refractivity contribution in [1.29, 1.82) is 0 Å². The van der Waals surface area contributed by atoms with Crippen molar-refractivity contribution < 1.29 is 9.18 Å². The van der Waals surface area contributed by atoms with E-state index in [0.717, 1.165) is 5.56 Å². The topological polar surface area (TPSA) is 41.1 Å². The summed E-state index contributed by atoms with van der Waals surface area (Å²) in [5, 5.41) is 6.12. The normalized spacial score (nSPS) is 12.2. The molecule has 0 unspecified atom stereocenters. The monoisotopic (exact) mass is 334 g/mol. The molecule has 0 aromatic heterocycles. The van der Waals surface area contributed by atoms with Crippen LogP contribution in [0.25, 0.3) is 0 Å². The second-order valence-electron chi connectivity index (χ2n) is 5.69. The first-order chi connectivity index (χ1) is 11.0. The van der Waals surface area contributed by atoms with E-state index in [-0.39, 0.29) is 23.5 Å². The first-order valence-electron chi connectivity index (χ1n) is 7.50. The summed E-state index contributed by atoms with van der Waals surface area (Å²) in [6.07, 6.45) is 0. The summed E-state index contributed by atoms with van der Waals surface area (Å²) in [5.74, 6) is -0.324. The standard InChI is InChI=1S/C18H20ClFN2O/c1-12(2)18(13-6-4-3-5-7-13)21-11-17(23)22-16-9-8-14(20)10-15(16)19/h3-10,12,18,21H,11H2,1-2H3,(H,22,23)/t18-/m0/s1. The Hall–Kier alpha value is -1.91. The Morgan fingerprint density at radius 2 is 1.87 bits per heavy atom. The maximum atomic E-state index is 13.0. The van der Waals surface area contributed by atoms with E-state index in [9.17, 15) is 9.18 Å². The van der Waals surface area contributed by atoms with E-state index in [0.29, 0.717) is 11.6 Å². The van der Waals surface area contributed by atoms with Gasteiger partial charge in [0.1, 0.15) is 5.82 Å². The number of halogens is 2. The van der Waals surface area contributed by atoms with Gasteiger partial charge in [-0.3, -0.25) is 4.79 Å². The van der Waals surface area contributed by atoms with Crippen molar-refractivity contribution in [3.05, 3.63) is 64.9 Å². The summed E-state index contributed by atoms with van der Waals surface area (Å²) in [5.41, 5.74) is 1.54. The second-order valence-corrected chi connectivity index (χ2v) is 6.09. The van der Waals surface area contributed by atoms with E-state index >= 15 is 0 Å². The molecule has 1 atom stereocenters. The third kappa shape index (κ3) is 5.05. The van der Waals surface area contributed by atoms with Crippen molar-refractivity contribution in [3.63, 3.8) is 0 Å². The van der Waals surface area contributed by atoms with Crippen LogP contribution < -0.4 is 10.6 Å². The molecule has 0 saturated carbocycles. The van der Waals surface area contributed by atoms with Crippen molar-refractivity contribution in [3.8, 4) is 0 Å². The zero-order chi connectivity index (χ0) is 16.8. The summed E-state index contributed by atoms with van der Waals surface area (Å²) < 4.78 is 13.0. The molecule has 0 aliphatic rings. The molecule has 5 heteroatoms. The third-order valence-corrected chi connectivity index (χ3v) is 3.83.